The molecular formula is C18H16O3. The highest BCUT2D eigenvalue weighted by Crippen LogP contribution is 2.37. The number of carbonyl (C=O) groups is 1. The van der Waals surface area contributed by atoms with Gasteiger partial charge in [0.1, 0.15) is 5.58 Å². The largest absolute Gasteiger partial charge is 0.475 e. The summed E-state index contributed by atoms with van der Waals surface area (Å²) in [6.45, 7) is 3.96. The predicted octanol–water partition coefficient (Wildman–Crippen LogP) is 4.92. The van der Waals surface area contributed by atoms with E-state index in [0.29, 0.717) is 5.58 Å². The van der Waals surface area contributed by atoms with Gasteiger partial charge in [-0.05, 0) is 11.5 Å². The Hall–Kier alpha value is -2.55. The second kappa shape index (κ2) is 5.09. The summed E-state index contributed by atoms with van der Waals surface area (Å²) in [7, 11) is 0. The minimum atomic E-state index is -1.02. The van der Waals surface area contributed by atoms with Crippen LogP contribution in [0.2, 0.25) is 0 Å². The van der Waals surface area contributed by atoms with E-state index in [9.17, 15) is 9.90 Å². The van der Waals surface area contributed by atoms with Gasteiger partial charge in [-0.25, -0.2) is 4.79 Å². The van der Waals surface area contributed by atoms with Crippen molar-refractivity contribution in [1.82, 2.24) is 0 Å². The topological polar surface area (TPSA) is 50.4 Å². The van der Waals surface area contributed by atoms with Crippen molar-refractivity contribution in [2.45, 2.75) is 19.8 Å². The Labute approximate surface area is 122 Å². The van der Waals surface area contributed by atoms with Crippen molar-refractivity contribution < 1.29 is 14.3 Å². The first-order valence-electron chi connectivity index (χ1n) is 6.93. The molecule has 0 aliphatic heterocycles. The SMILES string of the molecule is CC(C)c1c(C(=O)O)oc2c(-c3ccccc3)cccc12. The van der Waals surface area contributed by atoms with E-state index < -0.39 is 5.97 Å². The molecule has 0 saturated carbocycles. The Bertz CT molecular complexity index is 798. The number of hydrogen-bond acceptors (Lipinski definition) is 2. The Morgan fingerprint density at radius 1 is 1.05 bits per heavy atom. The van der Waals surface area contributed by atoms with Gasteiger partial charge in [0.2, 0.25) is 5.76 Å². The quantitative estimate of drug-likeness (QED) is 0.740. The molecule has 3 heteroatoms. The van der Waals surface area contributed by atoms with Gasteiger partial charge in [-0.1, -0.05) is 62.4 Å². The Kier molecular flexibility index (Phi) is 3.26. The highest BCUT2D eigenvalue weighted by atomic mass is 16.4. The van der Waals surface area contributed by atoms with Crippen LogP contribution >= 0.6 is 0 Å². The first kappa shape index (κ1) is 13.4. The maximum absolute atomic E-state index is 11.4. The molecule has 0 unspecified atom stereocenters. The number of para-hydroxylation sites is 1. The van der Waals surface area contributed by atoms with Crippen LogP contribution in [0.15, 0.2) is 52.9 Å². The van der Waals surface area contributed by atoms with Crippen molar-refractivity contribution in [3.63, 3.8) is 0 Å². The molecular weight excluding hydrogens is 264 g/mol. The fourth-order valence-electron chi connectivity index (χ4n) is 2.72. The van der Waals surface area contributed by atoms with E-state index in [1.165, 1.54) is 0 Å². The third kappa shape index (κ3) is 2.21. The van der Waals surface area contributed by atoms with E-state index in [0.717, 1.165) is 22.1 Å². The van der Waals surface area contributed by atoms with Crippen LogP contribution < -0.4 is 0 Å². The summed E-state index contributed by atoms with van der Waals surface area (Å²) >= 11 is 0. The fourth-order valence-corrected chi connectivity index (χ4v) is 2.72. The van der Waals surface area contributed by atoms with E-state index in [1.54, 1.807) is 0 Å². The molecule has 0 aliphatic carbocycles. The molecule has 21 heavy (non-hydrogen) atoms. The summed E-state index contributed by atoms with van der Waals surface area (Å²) in [6, 6.07) is 15.7. The van der Waals surface area contributed by atoms with E-state index in [1.807, 2.05) is 62.4 Å². The normalized spacial score (nSPS) is 11.2. The first-order valence-corrected chi connectivity index (χ1v) is 6.93. The summed E-state index contributed by atoms with van der Waals surface area (Å²) in [6.07, 6.45) is 0. The lowest BCUT2D eigenvalue weighted by atomic mass is 9.96. The molecule has 3 rings (SSSR count). The standard InChI is InChI=1S/C18H16O3/c1-11(2)15-14-10-6-9-13(12-7-4-3-5-8-12)16(14)21-17(15)18(19)20/h3-11H,1-2H3,(H,19,20). The second-order valence-electron chi connectivity index (χ2n) is 5.35. The van der Waals surface area contributed by atoms with E-state index >= 15 is 0 Å². The van der Waals surface area contributed by atoms with Crippen molar-refractivity contribution in [3.05, 3.63) is 59.9 Å². The molecule has 0 amide bonds. The lowest BCUT2D eigenvalue weighted by Gasteiger charge is -2.04. The van der Waals surface area contributed by atoms with Gasteiger partial charge < -0.3 is 9.52 Å². The average Bonchev–Trinajstić information content (AvgIpc) is 2.87. The van der Waals surface area contributed by atoms with Crippen molar-refractivity contribution in [2.75, 3.05) is 0 Å². The molecule has 0 radical (unpaired) electrons. The minimum absolute atomic E-state index is 0.0448. The minimum Gasteiger partial charge on any atom is -0.475 e. The molecule has 1 aromatic heterocycles. The third-order valence-electron chi connectivity index (χ3n) is 3.61. The van der Waals surface area contributed by atoms with Gasteiger partial charge in [0, 0.05) is 16.5 Å². The number of carboxylic acids is 1. The van der Waals surface area contributed by atoms with Crippen LogP contribution in [0.4, 0.5) is 0 Å². The highest BCUT2D eigenvalue weighted by molar-refractivity contribution is 6.01. The van der Waals surface area contributed by atoms with Gasteiger partial charge in [-0.2, -0.15) is 0 Å². The van der Waals surface area contributed by atoms with Gasteiger partial charge in [0.15, 0.2) is 0 Å². The van der Waals surface area contributed by atoms with Gasteiger partial charge in [-0.15, -0.1) is 0 Å². The number of hydrogen-bond donors (Lipinski definition) is 1. The Morgan fingerprint density at radius 3 is 2.38 bits per heavy atom. The van der Waals surface area contributed by atoms with E-state index in [-0.39, 0.29) is 11.7 Å². The van der Waals surface area contributed by atoms with Crippen LogP contribution in [0.1, 0.15) is 35.9 Å². The van der Waals surface area contributed by atoms with Crippen molar-refractivity contribution in [3.8, 4) is 11.1 Å². The van der Waals surface area contributed by atoms with Crippen LogP contribution in [0.25, 0.3) is 22.1 Å². The highest BCUT2D eigenvalue weighted by Gasteiger charge is 2.23. The van der Waals surface area contributed by atoms with Crippen molar-refractivity contribution >= 4 is 16.9 Å². The van der Waals surface area contributed by atoms with Crippen LogP contribution in [-0.2, 0) is 0 Å². The summed E-state index contributed by atoms with van der Waals surface area (Å²) in [5.41, 5.74) is 3.34. The molecule has 0 spiro atoms. The molecule has 0 aliphatic rings. The molecule has 0 bridgehead atoms. The molecule has 1 N–H and O–H groups in total. The molecule has 0 atom stereocenters. The molecule has 2 aromatic carbocycles. The van der Waals surface area contributed by atoms with Crippen LogP contribution in [0, 0.1) is 0 Å². The molecule has 0 saturated heterocycles. The summed E-state index contributed by atoms with van der Waals surface area (Å²) < 4.78 is 5.71. The van der Waals surface area contributed by atoms with Crippen LogP contribution in [-0.4, -0.2) is 11.1 Å². The molecule has 0 fully saturated rings. The molecule has 106 valence electrons. The number of aromatic carboxylic acids is 1. The van der Waals surface area contributed by atoms with Gasteiger partial charge in [-0.3, -0.25) is 0 Å². The fraction of sp³-hybridized carbons (Fsp3) is 0.167. The van der Waals surface area contributed by atoms with Gasteiger partial charge in [0.05, 0.1) is 0 Å². The smallest absolute Gasteiger partial charge is 0.372 e. The third-order valence-corrected chi connectivity index (χ3v) is 3.61. The number of carboxylic acid groups (broad SMARTS) is 1. The maximum Gasteiger partial charge on any atom is 0.372 e. The lowest BCUT2D eigenvalue weighted by molar-refractivity contribution is 0.0663. The first-order chi connectivity index (χ1) is 10.1. The zero-order chi connectivity index (χ0) is 15.0. The summed E-state index contributed by atoms with van der Waals surface area (Å²) in [5.74, 6) is -0.888. The lowest BCUT2D eigenvalue weighted by Crippen LogP contribution is -2.00. The monoisotopic (exact) mass is 280 g/mol. The molecule has 3 nitrogen and oxygen atoms in total. The Balaban J connectivity index is 2.35. The molecule has 3 aromatic rings. The maximum atomic E-state index is 11.4. The number of furan rings is 1. The average molecular weight is 280 g/mol. The van der Waals surface area contributed by atoms with Gasteiger partial charge >= 0.3 is 5.97 Å². The van der Waals surface area contributed by atoms with E-state index in [4.69, 9.17) is 4.42 Å². The predicted molar refractivity (Wildman–Crippen MR) is 82.7 cm³/mol. The van der Waals surface area contributed by atoms with Crippen LogP contribution in [0.5, 0.6) is 0 Å². The van der Waals surface area contributed by atoms with Crippen molar-refractivity contribution in [2.24, 2.45) is 0 Å². The second-order valence-corrected chi connectivity index (χ2v) is 5.35. The summed E-state index contributed by atoms with van der Waals surface area (Å²) in [5, 5.41) is 10.3. The summed E-state index contributed by atoms with van der Waals surface area (Å²) in [4.78, 5) is 11.4. The number of fused-ring (bicyclic) bond motifs is 1. The van der Waals surface area contributed by atoms with Gasteiger partial charge in [0.25, 0.3) is 0 Å². The number of benzene rings is 2. The van der Waals surface area contributed by atoms with Crippen LogP contribution in [0.3, 0.4) is 0 Å². The Morgan fingerprint density at radius 2 is 1.76 bits per heavy atom. The zero-order valence-electron chi connectivity index (χ0n) is 12.0. The molecule has 1 heterocycles. The van der Waals surface area contributed by atoms with Crippen molar-refractivity contribution in [1.29, 1.82) is 0 Å². The number of rotatable bonds is 3. The van der Waals surface area contributed by atoms with E-state index in [2.05, 4.69) is 0 Å². The zero-order valence-corrected chi connectivity index (χ0v) is 12.0.